The van der Waals surface area contributed by atoms with Gasteiger partial charge in [-0.25, -0.2) is 0 Å². The van der Waals surface area contributed by atoms with Gasteiger partial charge in [-0.1, -0.05) is 0 Å². The minimum Gasteiger partial charge on any atom is -0.497 e. The highest BCUT2D eigenvalue weighted by molar-refractivity contribution is 8.00. The molecular weight excluding hydrogens is 298 g/mol. The molecule has 0 spiro atoms. The van der Waals surface area contributed by atoms with Crippen molar-refractivity contribution in [2.45, 2.75) is 24.7 Å². The van der Waals surface area contributed by atoms with Crippen LogP contribution in [0.2, 0.25) is 0 Å². The van der Waals surface area contributed by atoms with Gasteiger partial charge in [0.05, 0.1) is 19.5 Å². The molecule has 1 aromatic rings. The zero-order valence-electron chi connectivity index (χ0n) is 13.4. The van der Waals surface area contributed by atoms with E-state index in [1.165, 1.54) is 0 Å². The molecule has 1 heterocycles. The summed E-state index contributed by atoms with van der Waals surface area (Å²) in [7, 11) is 1.65. The van der Waals surface area contributed by atoms with Crippen LogP contribution in [0.25, 0.3) is 0 Å². The van der Waals surface area contributed by atoms with Gasteiger partial charge >= 0.3 is 0 Å². The molecule has 1 fully saturated rings. The lowest BCUT2D eigenvalue weighted by Crippen LogP contribution is -2.42. The number of carbonyl (C=O) groups is 1. The minimum absolute atomic E-state index is 0.224. The zero-order chi connectivity index (χ0) is 15.8. The van der Waals surface area contributed by atoms with E-state index >= 15 is 0 Å². The summed E-state index contributed by atoms with van der Waals surface area (Å²) in [5.74, 6) is 2.05. The fourth-order valence-electron chi connectivity index (χ4n) is 2.62. The van der Waals surface area contributed by atoms with Crippen LogP contribution >= 0.6 is 11.8 Å². The maximum atomic E-state index is 12.4. The molecule has 0 N–H and O–H groups in total. The number of thioether (sulfide) groups is 1. The van der Waals surface area contributed by atoms with Gasteiger partial charge in [-0.15, -0.1) is 11.8 Å². The number of piperidine rings is 1. The molecule has 2 rings (SSSR count). The molecule has 1 aliphatic heterocycles. The van der Waals surface area contributed by atoms with Crippen molar-refractivity contribution in [3.05, 3.63) is 24.3 Å². The summed E-state index contributed by atoms with van der Waals surface area (Å²) >= 11 is 1.58. The van der Waals surface area contributed by atoms with E-state index in [1.807, 2.05) is 36.1 Å². The Morgan fingerprint density at radius 2 is 2.14 bits per heavy atom. The van der Waals surface area contributed by atoms with E-state index in [9.17, 15) is 4.79 Å². The molecule has 0 saturated carbocycles. The molecule has 4 nitrogen and oxygen atoms in total. The highest BCUT2D eigenvalue weighted by Crippen LogP contribution is 2.23. The van der Waals surface area contributed by atoms with Crippen LogP contribution in [0.3, 0.4) is 0 Å². The van der Waals surface area contributed by atoms with Crippen molar-refractivity contribution in [3.63, 3.8) is 0 Å². The molecule has 1 atom stereocenters. The summed E-state index contributed by atoms with van der Waals surface area (Å²) in [5.41, 5.74) is 0. The smallest absolute Gasteiger partial charge is 0.232 e. The molecule has 5 heteroatoms. The Kier molecular flexibility index (Phi) is 7.06. The van der Waals surface area contributed by atoms with E-state index in [4.69, 9.17) is 9.47 Å². The minimum atomic E-state index is 0.224. The van der Waals surface area contributed by atoms with E-state index in [0.29, 0.717) is 11.7 Å². The van der Waals surface area contributed by atoms with Crippen molar-refractivity contribution < 1.29 is 14.3 Å². The molecule has 1 amide bonds. The number of ether oxygens (including phenoxy) is 2. The molecule has 1 aliphatic rings. The van der Waals surface area contributed by atoms with Gasteiger partial charge in [0.1, 0.15) is 5.75 Å². The van der Waals surface area contributed by atoms with E-state index in [0.717, 1.165) is 49.8 Å². The first-order valence-corrected chi connectivity index (χ1v) is 8.84. The summed E-state index contributed by atoms with van der Waals surface area (Å²) in [6.45, 7) is 5.24. The first-order chi connectivity index (χ1) is 10.7. The average molecular weight is 323 g/mol. The number of hydrogen-bond donors (Lipinski definition) is 0. The monoisotopic (exact) mass is 323 g/mol. The van der Waals surface area contributed by atoms with Crippen molar-refractivity contribution in [2.75, 3.05) is 39.2 Å². The normalized spacial score (nSPS) is 18.3. The van der Waals surface area contributed by atoms with Gasteiger partial charge in [-0.05, 0) is 49.9 Å². The predicted molar refractivity (Wildman–Crippen MR) is 89.5 cm³/mol. The molecule has 1 unspecified atom stereocenters. The highest BCUT2D eigenvalue weighted by atomic mass is 32.2. The maximum Gasteiger partial charge on any atom is 0.232 e. The van der Waals surface area contributed by atoms with E-state index in [-0.39, 0.29) is 5.91 Å². The Hall–Kier alpha value is -1.20. The molecule has 122 valence electrons. The summed E-state index contributed by atoms with van der Waals surface area (Å²) in [6.07, 6.45) is 2.24. The Bertz CT molecular complexity index is 463. The van der Waals surface area contributed by atoms with Gasteiger partial charge in [0, 0.05) is 24.6 Å². The lowest BCUT2D eigenvalue weighted by Gasteiger charge is -2.32. The summed E-state index contributed by atoms with van der Waals surface area (Å²) in [4.78, 5) is 15.4. The summed E-state index contributed by atoms with van der Waals surface area (Å²) in [5, 5.41) is 0. The largest absolute Gasteiger partial charge is 0.497 e. The third-order valence-electron chi connectivity index (χ3n) is 3.85. The molecule has 1 aromatic carbocycles. The number of methoxy groups -OCH3 is 1. The number of nitrogens with zero attached hydrogens (tertiary/aromatic N) is 1. The van der Waals surface area contributed by atoms with E-state index in [2.05, 4.69) is 0 Å². The quantitative estimate of drug-likeness (QED) is 0.723. The van der Waals surface area contributed by atoms with Crippen LogP contribution in [-0.4, -0.2) is 50.0 Å². The fraction of sp³-hybridized carbons (Fsp3) is 0.588. The summed E-state index contributed by atoms with van der Waals surface area (Å²) in [6, 6.07) is 7.83. The van der Waals surface area contributed by atoms with Gasteiger partial charge in [-0.3, -0.25) is 4.79 Å². The van der Waals surface area contributed by atoms with Crippen LogP contribution in [0.1, 0.15) is 19.8 Å². The van der Waals surface area contributed by atoms with Crippen molar-refractivity contribution in [1.82, 2.24) is 4.90 Å². The number of amides is 1. The molecule has 0 radical (unpaired) electrons. The molecule has 1 saturated heterocycles. The van der Waals surface area contributed by atoms with Crippen LogP contribution in [0, 0.1) is 5.92 Å². The second-order valence-corrected chi connectivity index (χ2v) is 6.52. The number of likely N-dealkylation sites (tertiary alicyclic amines) is 1. The molecular formula is C17H25NO3S. The standard InChI is InChI=1S/C17H25NO3S/c1-3-21-12-14-5-4-10-18(11-14)17(19)13-22-16-8-6-15(20-2)7-9-16/h6-9,14H,3-5,10-13H2,1-2H3. The van der Waals surface area contributed by atoms with Crippen LogP contribution in [-0.2, 0) is 9.53 Å². The third-order valence-corrected chi connectivity index (χ3v) is 4.85. The van der Waals surface area contributed by atoms with Gasteiger partial charge in [0.2, 0.25) is 5.91 Å². The maximum absolute atomic E-state index is 12.4. The molecule has 0 aliphatic carbocycles. The SMILES string of the molecule is CCOCC1CCCN(C(=O)CSc2ccc(OC)cc2)C1. The predicted octanol–water partition coefficient (Wildman–Crippen LogP) is 3.06. The van der Waals surface area contributed by atoms with E-state index < -0.39 is 0 Å². The van der Waals surface area contributed by atoms with Crippen molar-refractivity contribution in [1.29, 1.82) is 0 Å². The van der Waals surface area contributed by atoms with Gasteiger partial charge in [0.25, 0.3) is 0 Å². The van der Waals surface area contributed by atoms with Crippen LogP contribution in [0.4, 0.5) is 0 Å². The molecule has 0 aromatic heterocycles. The Balaban J connectivity index is 1.78. The average Bonchev–Trinajstić information content (AvgIpc) is 2.58. The number of rotatable bonds is 7. The highest BCUT2D eigenvalue weighted by Gasteiger charge is 2.23. The number of carbonyl (C=O) groups excluding carboxylic acids is 1. The second-order valence-electron chi connectivity index (χ2n) is 5.47. The topological polar surface area (TPSA) is 38.8 Å². The first kappa shape index (κ1) is 17.2. The Labute approximate surface area is 137 Å². The van der Waals surface area contributed by atoms with Gasteiger partial charge in [0.15, 0.2) is 0 Å². The Morgan fingerprint density at radius 1 is 1.36 bits per heavy atom. The van der Waals surface area contributed by atoms with Gasteiger partial charge < -0.3 is 14.4 Å². The van der Waals surface area contributed by atoms with Gasteiger partial charge in [-0.2, -0.15) is 0 Å². The Morgan fingerprint density at radius 3 is 2.82 bits per heavy atom. The lowest BCUT2D eigenvalue weighted by atomic mass is 9.99. The summed E-state index contributed by atoms with van der Waals surface area (Å²) < 4.78 is 10.6. The third kappa shape index (κ3) is 5.21. The van der Waals surface area contributed by atoms with Crippen molar-refractivity contribution >= 4 is 17.7 Å². The molecule has 0 bridgehead atoms. The second kappa shape index (κ2) is 9.06. The van der Waals surface area contributed by atoms with Crippen LogP contribution < -0.4 is 4.74 Å². The lowest BCUT2D eigenvalue weighted by molar-refractivity contribution is -0.130. The van der Waals surface area contributed by atoms with Crippen molar-refractivity contribution in [2.24, 2.45) is 5.92 Å². The fourth-order valence-corrected chi connectivity index (χ4v) is 3.42. The molecule has 22 heavy (non-hydrogen) atoms. The number of benzene rings is 1. The van der Waals surface area contributed by atoms with Crippen LogP contribution in [0.15, 0.2) is 29.2 Å². The van der Waals surface area contributed by atoms with Crippen LogP contribution in [0.5, 0.6) is 5.75 Å². The zero-order valence-corrected chi connectivity index (χ0v) is 14.2. The number of hydrogen-bond acceptors (Lipinski definition) is 4. The van der Waals surface area contributed by atoms with Crippen molar-refractivity contribution in [3.8, 4) is 5.75 Å². The first-order valence-electron chi connectivity index (χ1n) is 7.85. The van der Waals surface area contributed by atoms with E-state index in [1.54, 1.807) is 18.9 Å².